The molecule has 4 nitrogen and oxygen atoms in total. The van der Waals surface area contributed by atoms with Crippen LogP contribution in [0.2, 0.25) is 0 Å². The minimum atomic E-state index is -4.52. The lowest BCUT2D eigenvalue weighted by Gasteiger charge is -2.39. The molecule has 12 rings (SSSR count). The Morgan fingerprint density at radius 3 is 2.03 bits per heavy atom. The Morgan fingerprint density at radius 1 is 0.696 bits per heavy atom. The molecule has 1 N–H and O–H groups in total. The Hall–Kier alpha value is -7.45. The summed E-state index contributed by atoms with van der Waals surface area (Å²) < 4.78 is 65.6. The zero-order valence-corrected chi connectivity index (χ0v) is 45.7. The quantitative estimate of drug-likeness (QED) is 0.0979. The first-order valence-corrected chi connectivity index (χ1v) is 28.7. The summed E-state index contributed by atoms with van der Waals surface area (Å²) in [6.45, 7) is 10.3. The second-order valence-corrected chi connectivity index (χ2v) is 23.3. The number of hydrogen-bond acceptors (Lipinski definition) is 3. The molecule has 1 saturated carbocycles. The van der Waals surface area contributed by atoms with Gasteiger partial charge in [-0.2, -0.15) is 13.2 Å². The fourth-order valence-corrected chi connectivity index (χ4v) is 13.6. The molecule has 0 radical (unpaired) electrons. The molecule has 0 aromatic heterocycles. The topological polar surface area (TPSA) is 41.6 Å². The highest BCUT2D eigenvalue weighted by Crippen LogP contribution is 2.59. The first-order valence-electron chi connectivity index (χ1n) is 28.7. The molecule has 402 valence electrons. The fraction of sp³-hybridized carbons (Fsp3) is 0.310. The van der Waals surface area contributed by atoms with Crippen LogP contribution in [0.15, 0.2) is 158 Å². The standard InChI is InChI=1S/C71H68F4N2O2/c1-5-6-8-11-46-12-14-47(15-13-46)48-16-18-49(19-17-48)50-20-22-51(23-21-50)68(78)76-57-32-37-59(45(2)42-57)52-24-35-60-63(43-52)65-61-36-29-55(71(73,74)75)44-64(61)69(3,4)66(65)62-38-39-70(79-67(60)62,53-25-30-56(72)31-26-53)54-27-33-58(34-28-54)77-40-9-7-10-41-77/h16-39,42-44,46-47H,5-15,40-41H2,1-4H3,(H,76,78)/t46-,47-,70?. The molecule has 8 aromatic carbocycles. The van der Waals surface area contributed by atoms with E-state index >= 15 is 0 Å². The van der Waals surface area contributed by atoms with Crippen molar-refractivity contribution in [3.8, 4) is 39.1 Å². The summed E-state index contributed by atoms with van der Waals surface area (Å²) in [6, 6.07) is 48.0. The lowest BCUT2D eigenvalue weighted by Crippen LogP contribution is -2.35. The number of ether oxygens (including phenoxy) is 1. The number of halogens is 4. The fourth-order valence-electron chi connectivity index (χ4n) is 13.6. The van der Waals surface area contributed by atoms with Crippen molar-refractivity contribution in [3.05, 3.63) is 214 Å². The molecule has 4 aliphatic rings. The minimum absolute atomic E-state index is 0.205. The predicted octanol–water partition coefficient (Wildman–Crippen LogP) is 19.4. The van der Waals surface area contributed by atoms with Crippen molar-refractivity contribution in [2.75, 3.05) is 23.3 Å². The van der Waals surface area contributed by atoms with Crippen molar-refractivity contribution >= 4 is 34.1 Å². The van der Waals surface area contributed by atoms with Crippen LogP contribution in [0.5, 0.6) is 5.75 Å². The third kappa shape index (κ3) is 9.84. The molecule has 1 saturated heterocycles. The molecule has 2 heterocycles. The Labute approximate surface area is 462 Å². The molecule has 2 aliphatic heterocycles. The zero-order chi connectivity index (χ0) is 54.6. The number of nitrogens with zero attached hydrogens (tertiary/aromatic N) is 1. The van der Waals surface area contributed by atoms with E-state index in [1.54, 1.807) is 18.2 Å². The van der Waals surface area contributed by atoms with E-state index in [1.165, 1.54) is 87.6 Å². The Kier molecular flexibility index (Phi) is 13.9. The smallest absolute Gasteiger partial charge is 0.416 e. The van der Waals surface area contributed by atoms with Gasteiger partial charge in [-0.1, -0.05) is 131 Å². The average molecular weight is 1060 g/mol. The van der Waals surface area contributed by atoms with E-state index in [2.05, 4.69) is 89.9 Å². The Balaban J connectivity index is 0.853. The van der Waals surface area contributed by atoms with Crippen LogP contribution in [0.4, 0.5) is 28.9 Å². The first kappa shape index (κ1) is 52.3. The van der Waals surface area contributed by atoms with Crippen LogP contribution >= 0.6 is 0 Å². The number of carbonyl (C=O) groups is 1. The lowest BCUT2D eigenvalue weighted by molar-refractivity contribution is -0.137. The van der Waals surface area contributed by atoms with E-state index in [0.717, 1.165) is 110 Å². The van der Waals surface area contributed by atoms with Gasteiger partial charge in [-0.05, 0) is 204 Å². The van der Waals surface area contributed by atoms with Gasteiger partial charge >= 0.3 is 6.18 Å². The largest absolute Gasteiger partial charge is 0.472 e. The van der Waals surface area contributed by atoms with Crippen LogP contribution in [-0.4, -0.2) is 19.0 Å². The van der Waals surface area contributed by atoms with Crippen molar-refractivity contribution in [2.24, 2.45) is 5.92 Å². The Bertz CT molecular complexity index is 3600. The van der Waals surface area contributed by atoms with E-state index in [9.17, 15) is 22.4 Å². The second-order valence-electron chi connectivity index (χ2n) is 23.3. The Morgan fingerprint density at radius 2 is 1.35 bits per heavy atom. The van der Waals surface area contributed by atoms with Gasteiger partial charge in [0.05, 0.1) is 5.56 Å². The van der Waals surface area contributed by atoms with Gasteiger partial charge in [-0.15, -0.1) is 0 Å². The van der Waals surface area contributed by atoms with Crippen molar-refractivity contribution < 1.29 is 27.1 Å². The van der Waals surface area contributed by atoms with Gasteiger partial charge in [-0.3, -0.25) is 4.79 Å². The average Bonchev–Trinajstić information content (AvgIpc) is 3.14. The van der Waals surface area contributed by atoms with E-state index in [1.807, 2.05) is 69.3 Å². The predicted molar refractivity (Wildman–Crippen MR) is 315 cm³/mol. The molecule has 0 spiro atoms. The van der Waals surface area contributed by atoms with Crippen LogP contribution in [0.25, 0.3) is 50.2 Å². The van der Waals surface area contributed by atoms with Gasteiger partial charge in [0.25, 0.3) is 5.91 Å². The highest BCUT2D eigenvalue weighted by molar-refractivity contribution is 6.10. The summed E-state index contributed by atoms with van der Waals surface area (Å²) in [5, 5.41) is 4.77. The van der Waals surface area contributed by atoms with Gasteiger partial charge < -0.3 is 15.0 Å². The van der Waals surface area contributed by atoms with Crippen LogP contribution in [0.1, 0.15) is 152 Å². The molecule has 8 aromatic rings. The molecule has 79 heavy (non-hydrogen) atoms. The number of unbranched alkanes of at least 4 members (excludes halogenated alkanes) is 2. The van der Waals surface area contributed by atoms with Gasteiger partial charge in [-0.25, -0.2) is 4.39 Å². The second kappa shape index (κ2) is 21.0. The van der Waals surface area contributed by atoms with Crippen LogP contribution in [0.3, 0.4) is 0 Å². The SMILES string of the molecule is CCCCC[C@H]1CC[C@H](c2ccc(-c3ccc(C(=O)Nc4ccc(-c5ccc6c7c(c8c(c6c5)-c5ccc(C(F)(F)F)cc5C8(C)C)C=CC(c5ccc(F)cc5)(c5ccc(N6CCCCC6)cc5)O7)c(C)c4)cc3)cc2)CC1. The molecule has 1 amide bonds. The van der Waals surface area contributed by atoms with E-state index < -0.39 is 22.8 Å². The molecule has 0 bridgehead atoms. The lowest BCUT2D eigenvalue weighted by atomic mass is 9.76. The summed E-state index contributed by atoms with van der Waals surface area (Å²) >= 11 is 0. The van der Waals surface area contributed by atoms with Crippen LogP contribution < -0.4 is 15.0 Å². The van der Waals surface area contributed by atoms with E-state index in [4.69, 9.17) is 4.74 Å². The maximum Gasteiger partial charge on any atom is 0.416 e. The normalized spacial score (nSPS) is 19.4. The highest BCUT2D eigenvalue weighted by atomic mass is 19.4. The van der Waals surface area contributed by atoms with Crippen molar-refractivity contribution in [1.82, 2.24) is 0 Å². The summed E-state index contributed by atoms with van der Waals surface area (Å²) in [7, 11) is 0. The maximum absolute atomic E-state index is 14.7. The van der Waals surface area contributed by atoms with E-state index in [0.29, 0.717) is 28.5 Å². The maximum atomic E-state index is 14.7. The number of carbonyl (C=O) groups excluding carboxylic acids is 1. The monoisotopic (exact) mass is 1060 g/mol. The van der Waals surface area contributed by atoms with E-state index in [-0.39, 0.29) is 11.7 Å². The first-order chi connectivity index (χ1) is 38.2. The molecule has 1 atom stereocenters. The molecule has 2 fully saturated rings. The number of benzene rings is 8. The highest BCUT2D eigenvalue weighted by Gasteiger charge is 2.46. The number of fused-ring (bicyclic) bond motifs is 8. The molecule has 1 unspecified atom stereocenters. The van der Waals surface area contributed by atoms with Gasteiger partial charge in [0, 0.05) is 57.5 Å². The van der Waals surface area contributed by atoms with Gasteiger partial charge in [0.2, 0.25) is 0 Å². The van der Waals surface area contributed by atoms with Crippen LogP contribution in [-0.2, 0) is 17.2 Å². The number of rotatable bonds is 12. The third-order valence-electron chi connectivity index (χ3n) is 18.0. The molecular weight excluding hydrogens is 989 g/mol. The molecular formula is C71H68F4N2O2. The summed E-state index contributed by atoms with van der Waals surface area (Å²) in [5.41, 5.74) is 11.5. The number of aryl methyl sites for hydroxylation is 1. The summed E-state index contributed by atoms with van der Waals surface area (Å²) in [4.78, 5) is 16.2. The van der Waals surface area contributed by atoms with Crippen molar-refractivity contribution in [2.45, 2.75) is 121 Å². The number of nitrogens with one attached hydrogen (secondary N) is 1. The number of anilines is 2. The molecule has 8 heteroatoms. The third-order valence-corrected chi connectivity index (χ3v) is 18.0. The van der Waals surface area contributed by atoms with Gasteiger partial charge in [0.15, 0.2) is 5.60 Å². The molecule has 2 aliphatic carbocycles. The summed E-state index contributed by atoms with van der Waals surface area (Å²) in [5.74, 6) is 1.56. The van der Waals surface area contributed by atoms with Crippen molar-refractivity contribution in [3.63, 3.8) is 0 Å². The van der Waals surface area contributed by atoms with Crippen molar-refractivity contribution in [1.29, 1.82) is 0 Å². The minimum Gasteiger partial charge on any atom is -0.472 e. The van der Waals surface area contributed by atoms with Gasteiger partial charge in [0.1, 0.15) is 11.6 Å². The number of piperidine rings is 1. The number of hydrogen-bond donors (Lipinski definition) is 1. The zero-order valence-electron chi connectivity index (χ0n) is 45.7. The van der Waals surface area contributed by atoms with Crippen LogP contribution in [0, 0.1) is 18.7 Å². The summed E-state index contributed by atoms with van der Waals surface area (Å²) in [6.07, 6.45) is 13.7. The number of amides is 1. The number of alkyl halides is 3.